The quantitative estimate of drug-likeness (QED) is 0.197. The lowest BCUT2D eigenvalue weighted by Gasteiger charge is -2.29. The van der Waals surface area contributed by atoms with Crippen LogP contribution in [0.1, 0.15) is 34.0 Å². The summed E-state index contributed by atoms with van der Waals surface area (Å²) in [5.74, 6) is 2.46. The second-order valence-electron chi connectivity index (χ2n) is 9.18. The van der Waals surface area contributed by atoms with E-state index in [9.17, 15) is 0 Å². The lowest BCUT2D eigenvalue weighted by atomic mass is 9.81. The first-order chi connectivity index (χ1) is 19.3. The molecule has 1 atom stereocenters. The summed E-state index contributed by atoms with van der Waals surface area (Å²) in [6.45, 7) is 0.111. The molecule has 0 saturated carbocycles. The summed E-state index contributed by atoms with van der Waals surface area (Å²) in [4.78, 5) is 15.0. The van der Waals surface area contributed by atoms with Crippen LogP contribution in [-0.2, 0) is 11.4 Å². The number of fused-ring (bicyclic) bond motifs is 6. The average molecular weight is 514 g/mol. The number of rotatable bonds is 6. The smallest absolute Gasteiger partial charge is 0.228 e. The standard InChI is InChI=1S/C31H23N5O3/c1-37-23-14-11-20(12-15-23)17-33-38-18-26-34-30-29-27(22-8-3-2-4-9-22)28-24-10-6-5-7-21(24)13-16-25(28)39-31(29)32-19-36(30)35-26/h2-17,19,27H,18H2,1H3/b33-17-/t27-/m1/s1. The summed E-state index contributed by atoms with van der Waals surface area (Å²) in [5, 5.41) is 11.0. The van der Waals surface area contributed by atoms with Crippen molar-refractivity contribution in [1.29, 1.82) is 0 Å². The summed E-state index contributed by atoms with van der Waals surface area (Å²) >= 11 is 0. The minimum Gasteiger partial charge on any atom is -0.497 e. The van der Waals surface area contributed by atoms with Crippen molar-refractivity contribution in [2.24, 2.45) is 5.16 Å². The number of benzene rings is 4. The van der Waals surface area contributed by atoms with Crippen LogP contribution in [0.3, 0.4) is 0 Å². The molecule has 0 radical (unpaired) electrons. The molecule has 6 aromatic rings. The normalized spacial score (nSPS) is 14.2. The number of oxime groups is 1. The summed E-state index contributed by atoms with van der Waals surface area (Å²) in [5.41, 5.74) is 4.65. The first-order valence-corrected chi connectivity index (χ1v) is 12.6. The molecule has 0 aliphatic carbocycles. The highest BCUT2D eigenvalue weighted by molar-refractivity contribution is 5.90. The van der Waals surface area contributed by atoms with Crippen LogP contribution in [0.15, 0.2) is 102 Å². The molecular formula is C31H23N5O3. The number of aromatic nitrogens is 4. The van der Waals surface area contributed by atoms with Gasteiger partial charge in [-0.1, -0.05) is 65.8 Å². The molecule has 7 rings (SSSR count). The molecule has 39 heavy (non-hydrogen) atoms. The molecule has 190 valence electrons. The van der Waals surface area contributed by atoms with Gasteiger partial charge in [-0.25, -0.2) is 14.5 Å². The first-order valence-electron chi connectivity index (χ1n) is 12.6. The van der Waals surface area contributed by atoms with Gasteiger partial charge in [0, 0.05) is 11.5 Å². The zero-order valence-electron chi connectivity index (χ0n) is 21.1. The van der Waals surface area contributed by atoms with E-state index in [-0.39, 0.29) is 12.5 Å². The minimum atomic E-state index is -0.140. The maximum absolute atomic E-state index is 6.36. The van der Waals surface area contributed by atoms with Crippen LogP contribution in [-0.4, -0.2) is 32.9 Å². The molecule has 0 fully saturated rings. The Morgan fingerprint density at radius 1 is 0.923 bits per heavy atom. The Balaban J connectivity index is 1.27. The van der Waals surface area contributed by atoms with Crippen molar-refractivity contribution in [2.75, 3.05) is 7.11 Å². The van der Waals surface area contributed by atoms with Gasteiger partial charge in [-0.15, -0.1) is 5.10 Å². The maximum atomic E-state index is 6.36. The lowest BCUT2D eigenvalue weighted by Crippen LogP contribution is -2.15. The van der Waals surface area contributed by atoms with Crippen molar-refractivity contribution in [3.63, 3.8) is 0 Å². The van der Waals surface area contributed by atoms with Crippen LogP contribution >= 0.6 is 0 Å². The number of hydrogen-bond acceptors (Lipinski definition) is 7. The van der Waals surface area contributed by atoms with Crippen molar-refractivity contribution in [3.8, 4) is 17.4 Å². The van der Waals surface area contributed by atoms with Gasteiger partial charge >= 0.3 is 0 Å². The van der Waals surface area contributed by atoms with Crippen LogP contribution in [0.5, 0.6) is 17.4 Å². The molecule has 2 aromatic heterocycles. The highest BCUT2D eigenvalue weighted by Crippen LogP contribution is 2.50. The van der Waals surface area contributed by atoms with E-state index in [2.05, 4.69) is 51.6 Å². The molecule has 0 N–H and O–H groups in total. The molecule has 8 heteroatoms. The monoisotopic (exact) mass is 513 g/mol. The Morgan fingerprint density at radius 3 is 2.59 bits per heavy atom. The highest BCUT2D eigenvalue weighted by atomic mass is 16.6. The third-order valence-corrected chi connectivity index (χ3v) is 6.86. The molecule has 1 aliphatic heterocycles. The third kappa shape index (κ3) is 4.12. The zero-order chi connectivity index (χ0) is 26.2. The van der Waals surface area contributed by atoms with Gasteiger partial charge in [0.1, 0.15) is 17.8 Å². The molecule has 3 heterocycles. The van der Waals surface area contributed by atoms with E-state index in [4.69, 9.17) is 19.3 Å². The van der Waals surface area contributed by atoms with Crippen LogP contribution in [0.25, 0.3) is 16.4 Å². The van der Waals surface area contributed by atoms with Gasteiger partial charge in [-0.3, -0.25) is 0 Å². The predicted molar refractivity (Wildman–Crippen MR) is 148 cm³/mol. The fourth-order valence-corrected chi connectivity index (χ4v) is 5.07. The minimum absolute atomic E-state index is 0.111. The number of nitrogens with zero attached hydrogens (tertiary/aromatic N) is 5. The highest BCUT2D eigenvalue weighted by Gasteiger charge is 2.34. The summed E-state index contributed by atoms with van der Waals surface area (Å²) in [6, 6.07) is 30.4. The molecule has 0 unspecified atom stereocenters. The van der Waals surface area contributed by atoms with Crippen LogP contribution < -0.4 is 9.47 Å². The SMILES string of the molecule is COc1ccc(/C=N\OCc2nc3c4c(ncn3n2)Oc2ccc3ccccc3c2[C@H]4c2ccccc2)cc1. The summed E-state index contributed by atoms with van der Waals surface area (Å²) in [6.07, 6.45) is 3.26. The van der Waals surface area contributed by atoms with Crippen LogP contribution in [0.4, 0.5) is 0 Å². The van der Waals surface area contributed by atoms with Crippen molar-refractivity contribution < 1.29 is 14.3 Å². The van der Waals surface area contributed by atoms with E-state index >= 15 is 0 Å². The van der Waals surface area contributed by atoms with Crippen molar-refractivity contribution >= 4 is 22.6 Å². The zero-order valence-corrected chi connectivity index (χ0v) is 21.1. The maximum Gasteiger partial charge on any atom is 0.228 e. The largest absolute Gasteiger partial charge is 0.497 e. The number of ether oxygens (including phenoxy) is 2. The molecule has 4 aromatic carbocycles. The Morgan fingerprint density at radius 2 is 1.74 bits per heavy atom. The van der Waals surface area contributed by atoms with E-state index in [1.165, 1.54) is 0 Å². The van der Waals surface area contributed by atoms with E-state index in [0.717, 1.165) is 44.5 Å². The molecule has 0 spiro atoms. The Bertz CT molecular complexity index is 1830. The molecule has 0 bridgehead atoms. The summed E-state index contributed by atoms with van der Waals surface area (Å²) in [7, 11) is 1.63. The second kappa shape index (κ2) is 9.57. The van der Waals surface area contributed by atoms with Gasteiger partial charge in [0.25, 0.3) is 0 Å². The van der Waals surface area contributed by atoms with E-state index in [1.807, 2.05) is 54.6 Å². The van der Waals surface area contributed by atoms with E-state index in [0.29, 0.717) is 17.4 Å². The Kier molecular flexibility index (Phi) is 5.62. The second-order valence-corrected chi connectivity index (χ2v) is 9.18. The van der Waals surface area contributed by atoms with Gasteiger partial charge in [-0.05, 0) is 52.2 Å². The molecule has 1 aliphatic rings. The Hall–Kier alpha value is -5.24. The topological polar surface area (TPSA) is 83.1 Å². The van der Waals surface area contributed by atoms with Gasteiger partial charge in [0.2, 0.25) is 5.88 Å². The average Bonchev–Trinajstić information content (AvgIpc) is 3.42. The molecule has 0 saturated heterocycles. The van der Waals surface area contributed by atoms with Crippen molar-refractivity contribution in [3.05, 3.63) is 125 Å². The first kappa shape index (κ1) is 22.9. The van der Waals surface area contributed by atoms with Gasteiger partial charge < -0.3 is 14.3 Å². The number of methoxy groups -OCH3 is 1. The number of hydrogen-bond donors (Lipinski definition) is 0. The fourth-order valence-electron chi connectivity index (χ4n) is 5.07. The van der Waals surface area contributed by atoms with Gasteiger partial charge in [0.15, 0.2) is 18.1 Å². The molecule has 0 amide bonds. The molecule has 8 nitrogen and oxygen atoms in total. The van der Waals surface area contributed by atoms with E-state index < -0.39 is 0 Å². The van der Waals surface area contributed by atoms with Crippen molar-refractivity contribution in [2.45, 2.75) is 12.5 Å². The fraction of sp³-hybridized carbons (Fsp3) is 0.0968. The third-order valence-electron chi connectivity index (χ3n) is 6.86. The molecular weight excluding hydrogens is 490 g/mol. The van der Waals surface area contributed by atoms with Crippen LogP contribution in [0.2, 0.25) is 0 Å². The summed E-state index contributed by atoms with van der Waals surface area (Å²) < 4.78 is 13.2. The van der Waals surface area contributed by atoms with Gasteiger partial charge in [0.05, 0.1) is 18.9 Å². The van der Waals surface area contributed by atoms with Gasteiger partial charge in [-0.2, -0.15) is 0 Å². The van der Waals surface area contributed by atoms with Crippen LogP contribution in [0, 0.1) is 0 Å². The predicted octanol–water partition coefficient (Wildman–Crippen LogP) is 6.12. The lowest BCUT2D eigenvalue weighted by molar-refractivity contribution is 0.126. The Labute approximate surface area is 224 Å². The van der Waals surface area contributed by atoms with Crippen molar-refractivity contribution in [1.82, 2.24) is 19.6 Å². The van der Waals surface area contributed by atoms with E-state index in [1.54, 1.807) is 24.2 Å².